The van der Waals surface area contributed by atoms with Gasteiger partial charge in [-0.25, -0.2) is 0 Å². The fourth-order valence-corrected chi connectivity index (χ4v) is 1.78. The molecule has 4 heteroatoms. The van der Waals surface area contributed by atoms with E-state index in [0.717, 1.165) is 22.2 Å². The third-order valence-electron chi connectivity index (χ3n) is 2.80. The summed E-state index contributed by atoms with van der Waals surface area (Å²) in [6.07, 6.45) is 0.481. The van der Waals surface area contributed by atoms with Gasteiger partial charge in [0.2, 0.25) is 0 Å². The predicted octanol–water partition coefficient (Wildman–Crippen LogP) is 2.13. The number of H-pyrrole nitrogens is 1. The number of carbonyl (C=O) groups is 1. The second-order valence-corrected chi connectivity index (χ2v) is 4.12. The van der Waals surface area contributed by atoms with E-state index in [1.165, 1.54) is 0 Å². The number of carboxylic acid groups (broad SMARTS) is 1. The summed E-state index contributed by atoms with van der Waals surface area (Å²) in [5.41, 5.74) is 2.92. The third-order valence-corrected chi connectivity index (χ3v) is 2.80. The second kappa shape index (κ2) is 3.96. The van der Waals surface area contributed by atoms with E-state index in [1.807, 2.05) is 25.1 Å². The fourth-order valence-electron chi connectivity index (χ4n) is 1.78. The zero-order chi connectivity index (χ0) is 11.7. The zero-order valence-electron chi connectivity index (χ0n) is 9.32. The first kappa shape index (κ1) is 10.7. The smallest absolute Gasteiger partial charge is 0.306 e. The average molecular weight is 218 g/mol. The fraction of sp³-hybridized carbons (Fsp3) is 0.333. The highest BCUT2D eigenvalue weighted by Crippen LogP contribution is 2.21. The van der Waals surface area contributed by atoms with Gasteiger partial charge >= 0.3 is 5.97 Å². The molecule has 0 saturated heterocycles. The standard InChI is InChI=1S/C12H14N2O2/c1-7-4-3-5-9-10(13-14-11(7)9)6-8(2)12(15)16/h3-5,8H,6H2,1-2H3,(H,13,14)(H,15,16). The molecule has 1 atom stereocenters. The molecule has 0 saturated carbocycles. The van der Waals surface area contributed by atoms with Crippen LogP contribution in [0.25, 0.3) is 10.9 Å². The Morgan fingerprint density at radius 2 is 2.31 bits per heavy atom. The minimum atomic E-state index is -0.782. The Bertz CT molecular complexity index is 531. The molecule has 0 aliphatic heterocycles. The van der Waals surface area contributed by atoms with Gasteiger partial charge in [-0.15, -0.1) is 0 Å². The Balaban J connectivity index is 2.39. The van der Waals surface area contributed by atoms with Crippen LogP contribution in [-0.4, -0.2) is 21.3 Å². The number of aryl methyl sites for hydroxylation is 1. The van der Waals surface area contributed by atoms with Crippen molar-refractivity contribution in [3.05, 3.63) is 29.5 Å². The van der Waals surface area contributed by atoms with Crippen LogP contribution in [-0.2, 0) is 11.2 Å². The van der Waals surface area contributed by atoms with Crippen molar-refractivity contribution in [2.75, 3.05) is 0 Å². The van der Waals surface area contributed by atoms with Crippen molar-refractivity contribution < 1.29 is 9.90 Å². The van der Waals surface area contributed by atoms with Crippen molar-refractivity contribution in [3.63, 3.8) is 0 Å². The highest BCUT2D eigenvalue weighted by molar-refractivity contribution is 5.84. The molecule has 4 nitrogen and oxygen atoms in total. The number of hydrogen-bond acceptors (Lipinski definition) is 2. The van der Waals surface area contributed by atoms with Crippen LogP contribution in [0, 0.1) is 12.8 Å². The van der Waals surface area contributed by atoms with Crippen molar-refractivity contribution in [2.45, 2.75) is 20.3 Å². The van der Waals surface area contributed by atoms with Crippen LogP contribution in [0.5, 0.6) is 0 Å². The number of nitrogens with one attached hydrogen (secondary N) is 1. The molecule has 0 amide bonds. The monoisotopic (exact) mass is 218 g/mol. The van der Waals surface area contributed by atoms with Crippen molar-refractivity contribution >= 4 is 16.9 Å². The van der Waals surface area contributed by atoms with Crippen molar-refractivity contribution in [2.24, 2.45) is 5.92 Å². The Kier molecular flexibility index (Phi) is 2.64. The zero-order valence-corrected chi connectivity index (χ0v) is 9.32. The summed E-state index contributed by atoms with van der Waals surface area (Å²) in [7, 11) is 0. The van der Waals surface area contributed by atoms with Crippen LogP contribution in [0.3, 0.4) is 0 Å². The lowest BCUT2D eigenvalue weighted by molar-refractivity contribution is -0.141. The molecule has 0 radical (unpaired) electrons. The number of aromatic nitrogens is 2. The minimum Gasteiger partial charge on any atom is -0.481 e. The number of benzene rings is 1. The van der Waals surface area contributed by atoms with Gasteiger partial charge in [0.1, 0.15) is 0 Å². The van der Waals surface area contributed by atoms with Crippen LogP contribution in [0.2, 0.25) is 0 Å². The summed E-state index contributed by atoms with van der Waals surface area (Å²) < 4.78 is 0. The lowest BCUT2D eigenvalue weighted by Crippen LogP contribution is -2.12. The first-order valence-corrected chi connectivity index (χ1v) is 5.25. The number of para-hydroxylation sites is 1. The maximum atomic E-state index is 10.8. The van der Waals surface area contributed by atoms with E-state index in [9.17, 15) is 4.79 Å². The number of fused-ring (bicyclic) bond motifs is 1. The van der Waals surface area contributed by atoms with Crippen molar-refractivity contribution in [1.29, 1.82) is 0 Å². The van der Waals surface area contributed by atoms with E-state index in [4.69, 9.17) is 5.11 Å². The molecule has 2 aromatic rings. The maximum Gasteiger partial charge on any atom is 0.306 e. The summed E-state index contributed by atoms with van der Waals surface area (Å²) in [6, 6.07) is 5.92. The summed E-state index contributed by atoms with van der Waals surface area (Å²) in [4.78, 5) is 10.8. The molecule has 1 aromatic heterocycles. The Labute approximate surface area is 93.3 Å². The molecule has 0 spiro atoms. The molecular weight excluding hydrogens is 204 g/mol. The Morgan fingerprint density at radius 1 is 1.56 bits per heavy atom. The van der Waals surface area contributed by atoms with Crippen LogP contribution in [0.4, 0.5) is 0 Å². The molecule has 1 heterocycles. The van der Waals surface area contributed by atoms with Crippen LogP contribution in [0.1, 0.15) is 18.2 Å². The Morgan fingerprint density at radius 3 is 3.00 bits per heavy atom. The molecule has 2 N–H and O–H groups in total. The van der Waals surface area contributed by atoms with E-state index < -0.39 is 11.9 Å². The van der Waals surface area contributed by atoms with E-state index in [-0.39, 0.29) is 0 Å². The van der Waals surface area contributed by atoms with Gasteiger partial charge < -0.3 is 5.11 Å². The predicted molar refractivity (Wildman–Crippen MR) is 61.3 cm³/mol. The van der Waals surface area contributed by atoms with E-state index in [2.05, 4.69) is 10.2 Å². The molecular formula is C12H14N2O2. The number of hydrogen-bond donors (Lipinski definition) is 2. The lowest BCUT2D eigenvalue weighted by Gasteiger charge is -2.03. The van der Waals surface area contributed by atoms with E-state index in [0.29, 0.717) is 6.42 Å². The van der Waals surface area contributed by atoms with Crippen LogP contribution >= 0.6 is 0 Å². The molecule has 1 unspecified atom stereocenters. The summed E-state index contributed by atoms with van der Waals surface area (Å²) in [5.74, 6) is -1.18. The van der Waals surface area contributed by atoms with Gasteiger partial charge in [-0.05, 0) is 12.5 Å². The summed E-state index contributed by atoms with van der Waals surface area (Å²) in [6.45, 7) is 3.69. The second-order valence-electron chi connectivity index (χ2n) is 4.12. The average Bonchev–Trinajstić information content (AvgIpc) is 2.63. The Hall–Kier alpha value is -1.84. The number of nitrogens with zero attached hydrogens (tertiary/aromatic N) is 1. The minimum absolute atomic E-state index is 0.399. The molecule has 0 bridgehead atoms. The SMILES string of the molecule is Cc1cccc2c(CC(C)C(=O)O)[nH]nc12. The summed E-state index contributed by atoms with van der Waals surface area (Å²) in [5, 5.41) is 17.0. The van der Waals surface area contributed by atoms with Crippen molar-refractivity contribution in [3.8, 4) is 0 Å². The molecule has 2 rings (SSSR count). The highest BCUT2D eigenvalue weighted by atomic mass is 16.4. The molecule has 1 aromatic carbocycles. The molecule has 0 aliphatic carbocycles. The quantitative estimate of drug-likeness (QED) is 0.829. The normalized spacial score (nSPS) is 12.9. The largest absolute Gasteiger partial charge is 0.481 e. The number of rotatable bonds is 3. The lowest BCUT2D eigenvalue weighted by atomic mass is 10.0. The van der Waals surface area contributed by atoms with E-state index >= 15 is 0 Å². The number of aliphatic carboxylic acids is 1. The van der Waals surface area contributed by atoms with Gasteiger partial charge in [-0.3, -0.25) is 9.89 Å². The van der Waals surface area contributed by atoms with Crippen LogP contribution in [0.15, 0.2) is 18.2 Å². The summed E-state index contributed by atoms with van der Waals surface area (Å²) >= 11 is 0. The maximum absolute atomic E-state index is 10.8. The van der Waals surface area contributed by atoms with Gasteiger partial charge in [0, 0.05) is 17.5 Å². The van der Waals surface area contributed by atoms with Gasteiger partial charge in [0.05, 0.1) is 11.4 Å². The molecule has 16 heavy (non-hydrogen) atoms. The molecule has 0 aliphatic rings. The van der Waals surface area contributed by atoms with Gasteiger partial charge in [-0.2, -0.15) is 5.10 Å². The molecule has 84 valence electrons. The van der Waals surface area contributed by atoms with Gasteiger partial charge in [0.25, 0.3) is 0 Å². The van der Waals surface area contributed by atoms with Crippen LogP contribution < -0.4 is 0 Å². The van der Waals surface area contributed by atoms with Gasteiger partial charge in [-0.1, -0.05) is 25.1 Å². The molecule has 0 fully saturated rings. The first-order valence-electron chi connectivity index (χ1n) is 5.25. The van der Waals surface area contributed by atoms with Crippen molar-refractivity contribution in [1.82, 2.24) is 10.2 Å². The topological polar surface area (TPSA) is 66.0 Å². The highest BCUT2D eigenvalue weighted by Gasteiger charge is 2.15. The van der Waals surface area contributed by atoms with E-state index in [1.54, 1.807) is 6.92 Å². The first-order chi connectivity index (χ1) is 7.59. The number of aromatic amines is 1. The van der Waals surface area contributed by atoms with Gasteiger partial charge in [0.15, 0.2) is 0 Å². The number of carboxylic acids is 1. The third kappa shape index (κ3) is 1.78.